The Morgan fingerprint density at radius 1 is 1.17 bits per heavy atom. The lowest BCUT2D eigenvalue weighted by molar-refractivity contribution is 0.0957. The summed E-state index contributed by atoms with van der Waals surface area (Å²) in [7, 11) is 0. The highest BCUT2D eigenvalue weighted by atomic mass is 16.1. The first kappa shape index (κ1) is 14.5. The fourth-order valence-corrected chi connectivity index (χ4v) is 1.78. The third-order valence-corrected chi connectivity index (χ3v) is 2.93. The van der Waals surface area contributed by atoms with Crippen molar-refractivity contribution in [1.82, 2.24) is 0 Å². The summed E-state index contributed by atoms with van der Waals surface area (Å²) < 4.78 is 0. The molecular formula is C17H22O. The largest absolute Gasteiger partial charge is 0.293 e. The predicted octanol–water partition coefficient (Wildman–Crippen LogP) is 4.48. The van der Waals surface area contributed by atoms with Gasteiger partial charge in [-0.15, -0.1) is 5.92 Å². The molecule has 0 N–H and O–H groups in total. The molecule has 0 heterocycles. The summed E-state index contributed by atoms with van der Waals surface area (Å²) in [5.41, 5.74) is 0.755. The Morgan fingerprint density at radius 3 is 2.56 bits per heavy atom. The minimum Gasteiger partial charge on any atom is -0.293 e. The molecule has 1 heteroatoms. The van der Waals surface area contributed by atoms with Crippen LogP contribution >= 0.6 is 0 Å². The minimum absolute atomic E-state index is 0.122. The van der Waals surface area contributed by atoms with Crippen LogP contribution in [0.3, 0.4) is 0 Å². The van der Waals surface area contributed by atoms with Crippen LogP contribution in [0, 0.1) is 17.8 Å². The highest BCUT2D eigenvalue weighted by Crippen LogP contribution is 2.08. The third-order valence-electron chi connectivity index (χ3n) is 2.93. The van der Waals surface area contributed by atoms with Gasteiger partial charge in [0.1, 0.15) is 0 Å². The molecule has 0 amide bonds. The molecule has 0 aliphatic rings. The molecule has 18 heavy (non-hydrogen) atoms. The van der Waals surface area contributed by atoms with Crippen molar-refractivity contribution < 1.29 is 4.79 Å². The van der Waals surface area contributed by atoms with Crippen molar-refractivity contribution in [1.29, 1.82) is 0 Å². The lowest BCUT2D eigenvalue weighted by Crippen LogP contribution is -2.08. The lowest BCUT2D eigenvalue weighted by atomic mass is 10.00. The zero-order valence-electron chi connectivity index (χ0n) is 11.4. The molecule has 0 radical (unpaired) electrons. The van der Waals surface area contributed by atoms with Gasteiger partial charge in [0.15, 0.2) is 5.78 Å². The van der Waals surface area contributed by atoms with Crippen LogP contribution in [0.4, 0.5) is 0 Å². The van der Waals surface area contributed by atoms with E-state index in [-0.39, 0.29) is 11.7 Å². The molecule has 0 aromatic heterocycles. The standard InChI is InChI=1S/C17H22O/c1-3-4-5-6-7-9-12-15(2)17(18)16-13-10-8-11-14-16/h8,10-11,13-15H,3-7H2,1-2H3. The molecule has 0 aliphatic carbocycles. The van der Waals surface area contributed by atoms with E-state index in [2.05, 4.69) is 18.8 Å². The van der Waals surface area contributed by atoms with E-state index in [0.29, 0.717) is 0 Å². The quantitative estimate of drug-likeness (QED) is 0.408. The van der Waals surface area contributed by atoms with Crippen LogP contribution in [0.5, 0.6) is 0 Å². The van der Waals surface area contributed by atoms with Gasteiger partial charge in [0, 0.05) is 12.0 Å². The number of Topliss-reactive ketones (excluding diaryl/α,β-unsaturated/α-hetero) is 1. The van der Waals surface area contributed by atoms with Gasteiger partial charge in [-0.25, -0.2) is 0 Å². The van der Waals surface area contributed by atoms with E-state index in [1.807, 2.05) is 37.3 Å². The first-order valence-electron chi connectivity index (χ1n) is 6.83. The molecule has 96 valence electrons. The van der Waals surface area contributed by atoms with Crippen LogP contribution in [-0.4, -0.2) is 5.78 Å². The minimum atomic E-state index is -0.196. The van der Waals surface area contributed by atoms with Crippen LogP contribution in [0.25, 0.3) is 0 Å². The van der Waals surface area contributed by atoms with E-state index < -0.39 is 0 Å². The van der Waals surface area contributed by atoms with Gasteiger partial charge in [-0.3, -0.25) is 4.79 Å². The molecule has 1 unspecified atom stereocenters. The first-order chi connectivity index (χ1) is 8.75. The van der Waals surface area contributed by atoms with E-state index in [0.717, 1.165) is 18.4 Å². The maximum atomic E-state index is 12.0. The molecule has 1 nitrogen and oxygen atoms in total. The molecule has 0 saturated carbocycles. The highest BCUT2D eigenvalue weighted by molar-refractivity contribution is 5.99. The summed E-state index contributed by atoms with van der Waals surface area (Å²) in [6.07, 6.45) is 5.82. The summed E-state index contributed by atoms with van der Waals surface area (Å²) in [5.74, 6) is 6.11. The molecular weight excluding hydrogens is 220 g/mol. The molecule has 1 aromatic carbocycles. The second-order valence-electron chi connectivity index (χ2n) is 4.58. The smallest absolute Gasteiger partial charge is 0.177 e. The van der Waals surface area contributed by atoms with Gasteiger partial charge in [0.05, 0.1) is 5.92 Å². The first-order valence-corrected chi connectivity index (χ1v) is 6.83. The normalized spacial score (nSPS) is 11.4. The number of rotatable bonds is 6. The number of ketones is 1. The van der Waals surface area contributed by atoms with Crippen molar-refractivity contribution in [2.24, 2.45) is 5.92 Å². The highest BCUT2D eigenvalue weighted by Gasteiger charge is 2.11. The molecule has 0 bridgehead atoms. The molecule has 0 aliphatic heterocycles. The van der Waals surface area contributed by atoms with Crippen molar-refractivity contribution >= 4 is 5.78 Å². The number of hydrogen-bond acceptors (Lipinski definition) is 1. The van der Waals surface area contributed by atoms with Gasteiger partial charge in [-0.1, -0.05) is 62.4 Å². The number of carbonyl (C=O) groups is 1. The van der Waals surface area contributed by atoms with Gasteiger partial charge in [-0.2, -0.15) is 0 Å². The van der Waals surface area contributed by atoms with E-state index in [4.69, 9.17) is 0 Å². The van der Waals surface area contributed by atoms with Crippen molar-refractivity contribution in [3.63, 3.8) is 0 Å². The van der Waals surface area contributed by atoms with Crippen molar-refractivity contribution in [3.05, 3.63) is 35.9 Å². The Balaban J connectivity index is 2.39. The van der Waals surface area contributed by atoms with Gasteiger partial charge < -0.3 is 0 Å². The van der Waals surface area contributed by atoms with Crippen molar-refractivity contribution in [2.75, 3.05) is 0 Å². The van der Waals surface area contributed by atoms with Crippen LogP contribution < -0.4 is 0 Å². The summed E-state index contributed by atoms with van der Waals surface area (Å²) >= 11 is 0. The fraction of sp³-hybridized carbons (Fsp3) is 0.471. The molecule has 1 aromatic rings. The zero-order valence-corrected chi connectivity index (χ0v) is 11.4. The SMILES string of the molecule is CCCCCCC#CC(C)C(=O)c1ccccc1. The van der Waals surface area contributed by atoms with E-state index in [9.17, 15) is 4.79 Å². The fourth-order valence-electron chi connectivity index (χ4n) is 1.78. The van der Waals surface area contributed by atoms with Crippen LogP contribution in [0.1, 0.15) is 56.3 Å². The van der Waals surface area contributed by atoms with Crippen LogP contribution in [0.2, 0.25) is 0 Å². The van der Waals surface area contributed by atoms with Gasteiger partial charge >= 0.3 is 0 Å². The Labute approximate surface area is 111 Å². The molecule has 1 rings (SSSR count). The summed E-state index contributed by atoms with van der Waals surface area (Å²) in [4.78, 5) is 12.0. The third kappa shape index (κ3) is 5.19. The van der Waals surface area contributed by atoms with E-state index in [1.54, 1.807) is 0 Å². The second kappa shape index (κ2) is 8.53. The topological polar surface area (TPSA) is 17.1 Å². The van der Waals surface area contributed by atoms with Crippen molar-refractivity contribution in [2.45, 2.75) is 46.0 Å². The van der Waals surface area contributed by atoms with Crippen LogP contribution in [0.15, 0.2) is 30.3 Å². The van der Waals surface area contributed by atoms with Gasteiger partial charge in [0.25, 0.3) is 0 Å². The molecule has 0 saturated heterocycles. The maximum absolute atomic E-state index is 12.0. The lowest BCUT2D eigenvalue weighted by Gasteiger charge is -2.02. The van der Waals surface area contributed by atoms with E-state index in [1.165, 1.54) is 19.3 Å². The number of hydrogen-bond donors (Lipinski definition) is 0. The monoisotopic (exact) mass is 242 g/mol. The zero-order chi connectivity index (χ0) is 13.2. The average Bonchev–Trinajstić information content (AvgIpc) is 2.42. The predicted molar refractivity (Wildman–Crippen MR) is 76.5 cm³/mol. The number of unbranched alkanes of at least 4 members (excludes halogenated alkanes) is 4. The Hall–Kier alpha value is -1.55. The summed E-state index contributed by atoms with van der Waals surface area (Å²) in [6, 6.07) is 9.39. The van der Waals surface area contributed by atoms with E-state index >= 15 is 0 Å². The summed E-state index contributed by atoms with van der Waals surface area (Å²) in [6.45, 7) is 4.08. The van der Waals surface area contributed by atoms with Crippen LogP contribution in [-0.2, 0) is 0 Å². The summed E-state index contributed by atoms with van der Waals surface area (Å²) in [5, 5.41) is 0. The maximum Gasteiger partial charge on any atom is 0.177 e. The second-order valence-corrected chi connectivity index (χ2v) is 4.58. The number of benzene rings is 1. The Kier molecular flexibility index (Phi) is 6.87. The molecule has 0 fully saturated rings. The number of carbonyl (C=O) groups excluding carboxylic acids is 1. The van der Waals surface area contributed by atoms with Gasteiger partial charge in [0.2, 0.25) is 0 Å². The van der Waals surface area contributed by atoms with Gasteiger partial charge in [-0.05, 0) is 13.3 Å². The molecule has 0 spiro atoms. The Bertz CT molecular complexity index is 408. The average molecular weight is 242 g/mol. The Morgan fingerprint density at radius 2 is 1.89 bits per heavy atom. The van der Waals surface area contributed by atoms with Crippen molar-refractivity contribution in [3.8, 4) is 11.8 Å². The molecule has 1 atom stereocenters.